The molecule has 2 unspecified atom stereocenters. The number of carbonyl (C=O) groups excluding carboxylic acids is 2. The highest BCUT2D eigenvalue weighted by Crippen LogP contribution is 2.29. The van der Waals surface area contributed by atoms with Gasteiger partial charge < -0.3 is 31.9 Å². The maximum atomic E-state index is 11.6. The maximum Gasteiger partial charge on any atom is 0.325 e. The molecule has 2 atom stereocenters. The fourth-order valence-corrected chi connectivity index (χ4v) is 22.2. The Kier molecular flexibility index (Phi) is 15.4. The molecule has 0 heterocycles. The molecule has 0 saturated heterocycles. The molecule has 0 radical (unpaired) electrons. The summed E-state index contributed by atoms with van der Waals surface area (Å²) in [5.74, 6) is -0.623. The van der Waals surface area contributed by atoms with Crippen LogP contribution >= 0.6 is 0 Å². The molecule has 212 valence electrons. The zero-order chi connectivity index (χ0) is 28.2. The van der Waals surface area contributed by atoms with Gasteiger partial charge in [-0.25, -0.2) is 0 Å². The van der Waals surface area contributed by atoms with Gasteiger partial charge in [-0.05, 0) is 77.8 Å². The van der Waals surface area contributed by atoms with Crippen LogP contribution in [-0.2, 0) is 36.1 Å². The summed E-state index contributed by atoms with van der Waals surface area (Å²) in [5.41, 5.74) is 0.338. The van der Waals surface area contributed by atoms with E-state index in [1.807, 2.05) is 0 Å². The first kappa shape index (κ1) is 35.3. The minimum absolute atomic E-state index is 0.118. The molecule has 1 amide bonds. The summed E-state index contributed by atoms with van der Waals surface area (Å²) in [4.78, 5) is 22.9. The quantitative estimate of drug-likeness (QED) is 0.104. The van der Waals surface area contributed by atoms with E-state index in [0.717, 1.165) is 6.04 Å². The van der Waals surface area contributed by atoms with Gasteiger partial charge in [0.2, 0.25) is 5.91 Å². The lowest BCUT2D eigenvalue weighted by Gasteiger charge is -2.42. The molecule has 36 heavy (non-hydrogen) atoms. The predicted molar refractivity (Wildman–Crippen MR) is 153 cm³/mol. The fourth-order valence-electron chi connectivity index (χ4n) is 3.80. The third-order valence-electron chi connectivity index (χ3n) is 4.30. The smallest absolute Gasteiger partial charge is 0.325 e. The molecule has 0 fully saturated rings. The van der Waals surface area contributed by atoms with Crippen LogP contribution in [-0.4, -0.2) is 85.2 Å². The lowest BCUT2D eigenvalue weighted by atomic mass is 10.2. The van der Waals surface area contributed by atoms with Crippen molar-refractivity contribution < 1.29 is 36.1 Å². The Bertz CT molecular complexity index is 709. The Morgan fingerprint density at radius 1 is 0.806 bits per heavy atom. The summed E-state index contributed by atoms with van der Waals surface area (Å²) >= 11 is 0. The largest absolute Gasteiger partial charge is 0.462 e. The number of ether oxygens (including phenoxy) is 3. The summed E-state index contributed by atoms with van der Waals surface area (Å²) in [6, 6.07) is 0.835. The van der Waals surface area contributed by atoms with Crippen LogP contribution in [0.1, 0.15) is 13.8 Å². The van der Waals surface area contributed by atoms with E-state index in [-0.39, 0.29) is 31.6 Å². The number of rotatable bonds is 19. The van der Waals surface area contributed by atoms with E-state index < -0.39 is 39.7 Å². The number of hydrogen-bond acceptors (Lipinski definition) is 8. The second-order valence-corrected chi connectivity index (χ2v) is 28.1. The number of carbonyl (C=O) groups is 2. The van der Waals surface area contributed by atoms with Crippen LogP contribution in [0.15, 0.2) is 12.2 Å². The molecule has 0 saturated carbocycles. The van der Waals surface area contributed by atoms with Crippen LogP contribution in [0.3, 0.4) is 0 Å². The molecule has 0 spiro atoms. The van der Waals surface area contributed by atoms with Gasteiger partial charge in [0, 0.05) is 12.2 Å². The summed E-state index contributed by atoms with van der Waals surface area (Å²) < 4.78 is 36.1. The minimum Gasteiger partial charge on any atom is -0.462 e. The first-order valence-electron chi connectivity index (χ1n) is 12.6. The highest BCUT2D eigenvalue weighted by Gasteiger charge is 2.45. The van der Waals surface area contributed by atoms with Crippen molar-refractivity contribution in [1.29, 1.82) is 0 Å². The van der Waals surface area contributed by atoms with Crippen molar-refractivity contribution in [3.8, 4) is 0 Å². The maximum absolute atomic E-state index is 11.6. The SMILES string of the molecule is C=C(C)C(=O)NCC(=O)OCCOCCOCC(C)C[Si](C)(O[Si](C)(C)C)O[Si](C)(C)O[Si](C)(C)C. The van der Waals surface area contributed by atoms with Crippen molar-refractivity contribution in [2.24, 2.45) is 5.92 Å². The van der Waals surface area contributed by atoms with Crippen molar-refractivity contribution in [2.75, 3.05) is 39.6 Å². The zero-order valence-electron chi connectivity index (χ0n) is 24.5. The van der Waals surface area contributed by atoms with E-state index in [0.29, 0.717) is 25.4 Å². The lowest BCUT2D eigenvalue weighted by Crippen LogP contribution is -2.57. The van der Waals surface area contributed by atoms with Crippen molar-refractivity contribution in [1.82, 2.24) is 5.32 Å². The molecule has 9 nitrogen and oxygen atoms in total. The normalized spacial score (nSPS) is 15.2. The number of esters is 1. The van der Waals surface area contributed by atoms with Gasteiger partial charge >= 0.3 is 23.1 Å². The van der Waals surface area contributed by atoms with E-state index >= 15 is 0 Å². The molecule has 0 rings (SSSR count). The highest BCUT2D eigenvalue weighted by molar-refractivity contribution is 6.89. The van der Waals surface area contributed by atoms with Crippen molar-refractivity contribution in [2.45, 2.75) is 78.8 Å². The van der Waals surface area contributed by atoms with E-state index in [4.69, 9.17) is 26.6 Å². The predicted octanol–water partition coefficient (Wildman–Crippen LogP) is 4.38. The van der Waals surface area contributed by atoms with Gasteiger partial charge in [-0.1, -0.05) is 13.5 Å². The second-order valence-electron chi connectivity index (χ2n) is 11.7. The first-order chi connectivity index (χ1) is 16.2. The minimum atomic E-state index is -2.47. The fraction of sp³-hybridized carbons (Fsp3) is 0.826. The van der Waals surface area contributed by atoms with E-state index in [2.05, 4.69) is 77.7 Å². The monoisotopic (exact) mass is 581 g/mol. The van der Waals surface area contributed by atoms with Gasteiger partial charge in [0.05, 0.1) is 19.8 Å². The van der Waals surface area contributed by atoms with Crippen LogP contribution in [0.2, 0.25) is 65.0 Å². The third-order valence-corrected chi connectivity index (χ3v) is 18.0. The molecule has 0 aromatic rings. The Morgan fingerprint density at radius 2 is 1.33 bits per heavy atom. The molecule has 0 aliphatic carbocycles. The standard InChI is InChI=1S/C23H51NO8Si4/c1-20(2)23(26)24-17-22(25)29-16-15-27-13-14-28-18-21(3)19-36(12,31-34(7,8)9)32-35(10,11)30-33(4,5)6/h21H,1,13-19H2,2-12H3,(H,24,26). The molecule has 0 aliphatic rings. The molecular weight excluding hydrogens is 531 g/mol. The number of hydrogen-bond donors (Lipinski definition) is 1. The average Bonchev–Trinajstić information content (AvgIpc) is 2.63. The van der Waals surface area contributed by atoms with Gasteiger partial charge in [-0.3, -0.25) is 9.59 Å². The Morgan fingerprint density at radius 3 is 1.86 bits per heavy atom. The first-order valence-corrected chi connectivity index (χ1v) is 24.7. The Hall–Kier alpha value is -0.652. The van der Waals surface area contributed by atoms with Crippen molar-refractivity contribution in [3.05, 3.63) is 12.2 Å². The third kappa shape index (κ3) is 19.5. The van der Waals surface area contributed by atoms with E-state index in [1.165, 1.54) is 0 Å². The van der Waals surface area contributed by atoms with Crippen molar-refractivity contribution in [3.63, 3.8) is 0 Å². The van der Waals surface area contributed by atoms with E-state index in [1.54, 1.807) is 6.92 Å². The topological polar surface area (TPSA) is 102 Å². The summed E-state index contributed by atoms with van der Waals surface area (Å²) in [6.07, 6.45) is 0. The molecule has 1 N–H and O–H groups in total. The number of amides is 1. The van der Waals surface area contributed by atoms with E-state index in [9.17, 15) is 9.59 Å². The summed E-state index contributed by atoms with van der Waals surface area (Å²) in [6.45, 7) is 28.4. The van der Waals surface area contributed by atoms with Crippen LogP contribution in [0, 0.1) is 5.92 Å². The van der Waals surface area contributed by atoms with Crippen LogP contribution in [0.25, 0.3) is 0 Å². The number of nitrogens with one attached hydrogen (secondary N) is 1. The van der Waals surface area contributed by atoms with Gasteiger partial charge in [-0.2, -0.15) is 0 Å². The van der Waals surface area contributed by atoms with Crippen molar-refractivity contribution >= 4 is 45.6 Å². The van der Waals surface area contributed by atoms with Crippen LogP contribution in [0.5, 0.6) is 0 Å². The van der Waals surface area contributed by atoms with Gasteiger partial charge in [0.25, 0.3) is 0 Å². The van der Waals surface area contributed by atoms with Gasteiger partial charge in [0.1, 0.15) is 13.2 Å². The molecule has 0 aromatic heterocycles. The summed E-state index contributed by atoms with van der Waals surface area (Å²) in [5, 5.41) is 2.42. The molecule has 0 aromatic carbocycles. The van der Waals surface area contributed by atoms with Gasteiger partial charge in [0.15, 0.2) is 16.6 Å². The highest BCUT2D eigenvalue weighted by atomic mass is 28.5. The summed E-state index contributed by atoms with van der Waals surface area (Å²) in [7, 11) is -8.32. The van der Waals surface area contributed by atoms with Crippen LogP contribution in [0.4, 0.5) is 0 Å². The van der Waals surface area contributed by atoms with Gasteiger partial charge in [-0.15, -0.1) is 0 Å². The molecular formula is C23H51NO8Si4. The second kappa shape index (κ2) is 15.7. The lowest BCUT2D eigenvalue weighted by molar-refractivity contribution is -0.145. The Labute approximate surface area is 223 Å². The van der Waals surface area contributed by atoms with Crippen LogP contribution < -0.4 is 5.32 Å². The molecule has 0 bridgehead atoms. The average molecular weight is 582 g/mol. The Balaban J connectivity index is 4.38. The zero-order valence-corrected chi connectivity index (χ0v) is 28.5. The molecule has 13 heteroatoms. The molecule has 0 aliphatic heterocycles.